The number of pyridine rings is 1. The molecule has 3 N–H and O–H groups in total. The van der Waals surface area contributed by atoms with E-state index in [1.165, 1.54) is 12.3 Å². The fourth-order valence-corrected chi connectivity index (χ4v) is 2.01. The Balaban J connectivity index is 2.46. The van der Waals surface area contributed by atoms with Crippen LogP contribution in [0.25, 0.3) is 0 Å². The molecule has 0 fully saturated rings. The van der Waals surface area contributed by atoms with Crippen molar-refractivity contribution in [3.8, 4) is 0 Å². The van der Waals surface area contributed by atoms with Gasteiger partial charge in [-0.3, -0.25) is 4.79 Å². The van der Waals surface area contributed by atoms with Gasteiger partial charge in [0.1, 0.15) is 5.82 Å². The third kappa shape index (κ3) is 4.83. The molecule has 1 aromatic heterocycles. The smallest absolute Gasteiger partial charge is 0.250 e. The molecule has 0 saturated heterocycles. The van der Waals surface area contributed by atoms with Crippen molar-refractivity contribution in [2.24, 2.45) is 5.73 Å². The first-order valence-corrected chi connectivity index (χ1v) is 7.10. The molecule has 0 aromatic carbocycles. The molecule has 94 valence electrons. The summed E-state index contributed by atoms with van der Waals surface area (Å²) in [6.45, 7) is 0.823. The van der Waals surface area contributed by atoms with Crippen LogP contribution in [-0.2, 0) is 0 Å². The van der Waals surface area contributed by atoms with Crippen LogP contribution >= 0.6 is 23.4 Å². The average Bonchev–Trinajstić information content (AvgIpc) is 2.30. The van der Waals surface area contributed by atoms with Gasteiger partial charge in [0.2, 0.25) is 5.91 Å². The molecule has 0 unspecified atom stereocenters. The lowest BCUT2D eigenvalue weighted by Gasteiger charge is -2.07. The highest BCUT2D eigenvalue weighted by Gasteiger charge is 2.06. The Bertz CT molecular complexity index is 387. The van der Waals surface area contributed by atoms with Crippen LogP contribution in [0.4, 0.5) is 5.82 Å². The molecular formula is C11H16ClN3OS. The summed E-state index contributed by atoms with van der Waals surface area (Å²) in [5.41, 5.74) is 5.45. The van der Waals surface area contributed by atoms with Crippen molar-refractivity contribution in [2.75, 3.05) is 23.9 Å². The Morgan fingerprint density at radius 2 is 2.35 bits per heavy atom. The maximum Gasteiger partial charge on any atom is 0.250 e. The van der Waals surface area contributed by atoms with Crippen LogP contribution in [-0.4, -0.2) is 29.4 Å². The Hall–Kier alpha value is -0.940. The molecule has 0 radical (unpaired) electrons. The van der Waals surface area contributed by atoms with Crippen molar-refractivity contribution in [1.29, 1.82) is 0 Å². The first-order valence-electron chi connectivity index (χ1n) is 5.33. The Morgan fingerprint density at radius 3 is 2.94 bits per heavy atom. The second kappa shape index (κ2) is 7.40. The number of aromatic nitrogens is 1. The summed E-state index contributed by atoms with van der Waals surface area (Å²) in [5.74, 6) is 1.23. The van der Waals surface area contributed by atoms with E-state index in [1.807, 2.05) is 11.8 Å². The van der Waals surface area contributed by atoms with Gasteiger partial charge < -0.3 is 11.1 Å². The van der Waals surface area contributed by atoms with E-state index >= 15 is 0 Å². The molecule has 1 aromatic rings. The summed E-state index contributed by atoms with van der Waals surface area (Å²) >= 11 is 7.81. The molecule has 0 aliphatic carbocycles. The fraction of sp³-hybridized carbons (Fsp3) is 0.455. The molecule has 0 spiro atoms. The minimum Gasteiger partial charge on any atom is -0.369 e. The second-order valence-electron chi connectivity index (χ2n) is 3.55. The normalized spacial score (nSPS) is 10.2. The van der Waals surface area contributed by atoms with Crippen LogP contribution in [0.15, 0.2) is 12.3 Å². The number of nitrogens with zero attached hydrogens (tertiary/aromatic N) is 1. The number of unbranched alkanes of at least 4 members (excludes halogenated alkanes) is 1. The van der Waals surface area contributed by atoms with E-state index < -0.39 is 5.91 Å². The lowest BCUT2D eigenvalue weighted by atomic mass is 10.2. The zero-order valence-electron chi connectivity index (χ0n) is 9.70. The number of thioether (sulfide) groups is 1. The largest absolute Gasteiger partial charge is 0.369 e. The van der Waals surface area contributed by atoms with Crippen LogP contribution < -0.4 is 11.1 Å². The zero-order chi connectivity index (χ0) is 12.7. The molecular weight excluding hydrogens is 258 g/mol. The molecule has 0 bridgehead atoms. The third-order valence-corrected chi connectivity index (χ3v) is 3.18. The standard InChI is InChI=1S/C11H16ClN3OS/c1-17-5-3-2-4-14-11-9(12)6-8(7-15-11)10(13)16/h6-7H,2-5H2,1H3,(H2,13,16)(H,14,15). The van der Waals surface area contributed by atoms with E-state index in [9.17, 15) is 4.79 Å². The Kier molecular flexibility index (Phi) is 6.15. The molecule has 17 heavy (non-hydrogen) atoms. The third-order valence-electron chi connectivity index (χ3n) is 2.19. The molecule has 0 saturated carbocycles. The number of amides is 1. The van der Waals surface area contributed by atoms with Gasteiger partial charge in [0.05, 0.1) is 10.6 Å². The summed E-state index contributed by atoms with van der Waals surface area (Å²) in [6, 6.07) is 1.53. The lowest BCUT2D eigenvalue weighted by molar-refractivity contribution is 0.1000. The topological polar surface area (TPSA) is 68.0 Å². The first-order chi connectivity index (χ1) is 8.15. The van der Waals surface area contributed by atoms with Crippen molar-refractivity contribution in [3.05, 3.63) is 22.8 Å². The monoisotopic (exact) mass is 273 g/mol. The van der Waals surface area contributed by atoms with Crippen LogP contribution in [0.1, 0.15) is 23.2 Å². The number of carbonyl (C=O) groups is 1. The average molecular weight is 274 g/mol. The molecule has 1 heterocycles. The van der Waals surface area contributed by atoms with Crippen molar-refractivity contribution < 1.29 is 4.79 Å². The quantitative estimate of drug-likeness (QED) is 0.749. The fourth-order valence-electron chi connectivity index (χ4n) is 1.28. The van der Waals surface area contributed by atoms with Crippen molar-refractivity contribution >= 4 is 35.1 Å². The molecule has 4 nitrogen and oxygen atoms in total. The predicted molar refractivity (Wildman–Crippen MR) is 73.9 cm³/mol. The van der Waals surface area contributed by atoms with E-state index in [-0.39, 0.29) is 0 Å². The number of hydrogen-bond acceptors (Lipinski definition) is 4. The van der Waals surface area contributed by atoms with Crippen molar-refractivity contribution in [1.82, 2.24) is 4.98 Å². The van der Waals surface area contributed by atoms with Crippen molar-refractivity contribution in [3.63, 3.8) is 0 Å². The number of anilines is 1. The molecule has 0 aliphatic rings. The van der Waals surface area contributed by atoms with Gasteiger partial charge in [-0.05, 0) is 30.9 Å². The highest BCUT2D eigenvalue weighted by atomic mass is 35.5. The number of rotatable bonds is 7. The number of hydrogen-bond donors (Lipinski definition) is 2. The highest BCUT2D eigenvalue weighted by molar-refractivity contribution is 7.98. The summed E-state index contributed by atoms with van der Waals surface area (Å²) < 4.78 is 0. The number of primary amides is 1. The van der Waals surface area contributed by atoms with Crippen LogP contribution in [0.5, 0.6) is 0 Å². The maximum absolute atomic E-state index is 10.9. The highest BCUT2D eigenvalue weighted by Crippen LogP contribution is 2.19. The molecule has 6 heteroatoms. The number of carbonyl (C=O) groups excluding carboxylic acids is 1. The number of nitrogens with one attached hydrogen (secondary N) is 1. The summed E-state index contributed by atoms with van der Waals surface area (Å²) in [4.78, 5) is 15.0. The van der Waals surface area contributed by atoms with Gasteiger partial charge in [-0.15, -0.1) is 0 Å². The number of nitrogens with two attached hydrogens (primary N) is 1. The summed E-state index contributed by atoms with van der Waals surface area (Å²) in [6.07, 6.45) is 5.74. The summed E-state index contributed by atoms with van der Waals surface area (Å²) in [5, 5.41) is 3.56. The van der Waals surface area contributed by atoms with Gasteiger partial charge in [-0.1, -0.05) is 11.6 Å². The molecule has 0 aliphatic heterocycles. The van der Waals surface area contributed by atoms with Gasteiger partial charge in [-0.25, -0.2) is 4.98 Å². The maximum atomic E-state index is 10.9. The molecule has 0 atom stereocenters. The predicted octanol–water partition coefficient (Wildman–Crippen LogP) is 2.39. The summed E-state index contributed by atoms with van der Waals surface area (Å²) in [7, 11) is 0. The lowest BCUT2D eigenvalue weighted by Crippen LogP contribution is -2.12. The minimum atomic E-state index is -0.522. The minimum absolute atomic E-state index is 0.322. The van der Waals surface area contributed by atoms with Gasteiger partial charge in [0.15, 0.2) is 0 Å². The zero-order valence-corrected chi connectivity index (χ0v) is 11.3. The van der Waals surface area contributed by atoms with E-state index in [4.69, 9.17) is 17.3 Å². The molecule has 1 amide bonds. The van der Waals surface area contributed by atoms with Gasteiger partial charge in [0.25, 0.3) is 0 Å². The van der Waals surface area contributed by atoms with Crippen LogP contribution in [0, 0.1) is 0 Å². The Labute approximate surface area is 110 Å². The van der Waals surface area contributed by atoms with E-state index in [0.29, 0.717) is 16.4 Å². The van der Waals surface area contributed by atoms with Gasteiger partial charge >= 0.3 is 0 Å². The van der Waals surface area contributed by atoms with Crippen LogP contribution in [0.2, 0.25) is 5.02 Å². The molecule has 1 rings (SSSR count). The van der Waals surface area contributed by atoms with Gasteiger partial charge in [0, 0.05) is 12.7 Å². The van der Waals surface area contributed by atoms with Crippen LogP contribution in [0.3, 0.4) is 0 Å². The van der Waals surface area contributed by atoms with E-state index in [1.54, 1.807) is 0 Å². The van der Waals surface area contributed by atoms with Crippen molar-refractivity contribution in [2.45, 2.75) is 12.8 Å². The number of halogens is 1. The van der Waals surface area contributed by atoms with Gasteiger partial charge in [-0.2, -0.15) is 11.8 Å². The second-order valence-corrected chi connectivity index (χ2v) is 4.94. The first kappa shape index (κ1) is 14.1. The van der Waals surface area contributed by atoms with E-state index in [0.717, 1.165) is 25.1 Å². The Morgan fingerprint density at radius 1 is 1.59 bits per heavy atom. The van der Waals surface area contributed by atoms with E-state index in [2.05, 4.69) is 16.6 Å². The SMILES string of the molecule is CSCCCCNc1ncc(C(N)=O)cc1Cl.